The van der Waals surface area contributed by atoms with Crippen LogP contribution in [0.15, 0.2) is 12.7 Å². The lowest BCUT2D eigenvalue weighted by atomic mass is 10.1. The van der Waals surface area contributed by atoms with E-state index in [-0.39, 0.29) is 6.42 Å². The van der Waals surface area contributed by atoms with E-state index in [0.717, 1.165) is 6.08 Å². The lowest BCUT2D eigenvalue weighted by molar-refractivity contribution is -0.122. The molecule has 0 spiro atoms. The van der Waals surface area contributed by atoms with Crippen molar-refractivity contribution in [2.75, 3.05) is 0 Å². The van der Waals surface area contributed by atoms with Gasteiger partial charge in [-0.15, -0.1) is 0 Å². The molecule has 13 heavy (non-hydrogen) atoms. The van der Waals surface area contributed by atoms with Gasteiger partial charge < -0.3 is 5.11 Å². The Bertz CT molecular complexity index is 292. The van der Waals surface area contributed by atoms with Gasteiger partial charge in [0.1, 0.15) is 6.10 Å². The summed E-state index contributed by atoms with van der Waals surface area (Å²) in [6, 6.07) is 0. The molecule has 5 nitrogen and oxygen atoms in total. The number of carbonyl (C=O) groups excluding carboxylic acids is 1. The fourth-order valence-corrected chi connectivity index (χ4v) is 1.11. The van der Waals surface area contributed by atoms with Crippen molar-refractivity contribution in [3.63, 3.8) is 0 Å². The van der Waals surface area contributed by atoms with Crippen molar-refractivity contribution in [2.45, 2.75) is 24.7 Å². The third kappa shape index (κ3) is 4.16. The Kier molecular flexibility index (Phi) is 4.25. The molecule has 2 unspecified atom stereocenters. The fourth-order valence-electron chi connectivity index (χ4n) is 0.688. The van der Waals surface area contributed by atoms with Gasteiger partial charge in [-0.25, -0.2) is 0 Å². The van der Waals surface area contributed by atoms with Gasteiger partial charge >= 0.3 is 0 Å². The van der Waals surface area contributed by atoms with Crippen LogP contribution >= 0.6 is 0 Å². The molecule has 0 radical (unpaired) electrons. The molecular weight excluding hydrogens is 196 g/mol. The van der Waals surface area contributed by atoms with Crippen LogP contribution in [-0.4, -0.2) is 35.2 Å². The molecule has 0 aliphatic heterocycles. The molecule has 0 heterocycles. The molecule has 0 aromatic heterocycles. The molecule has 0 bridgehead atoms. The molecule has 6 heteroatoms. The molecule has 0 aliphatic carbocycles. The molecule has 0 saturated carbocycles. The van der Waals surface area contributed by atoms with Crippen molar-refractivity contribution in [1.82, 2.24) is 0 Å². The third-order valence-electron chi connectivity index (χ3n) is 1.59. The van der Waals surface area contributed by atoms with Crippen LogP contribution in [0.2, 0.25) is 0 Å². The second-order valence-electron chi connectivity index (χ2n) is 2.68. The van der Waals surface area contributed by atoms with Gasteiger partial charge in [-0.2, -0.15) is 8.42 Å². The van der Waals surface area contributed by atoms with Gasteiger partial charge in [0.2, 0.25) is 0 Å². The van der Waals surface area contributed by atoms with Crippen LogP contribution in [0.4, 0.5) is 0 Å². The van der Waals surface area contributed by atoms with Crippen molar-refractivity contribution in [3.8, 4) is 0 Å². The average Bonchev–Trinajstić information content (AvgIpc) is 2.01. The summed E-state index contributed by atoms with van der Waals surface area (Å²) >= 11 is 0. The van der Waals surface area contributed by atoms with Gasteiger partial charge in [0, 0.05) is 0 Å². The maximum Gasteiger partial charge on any atom is 0.267 e. The van der Waals surface area contributed by atoms with Crippen LogP contribution in [0.25, 0.3) is 0 Å². The minimum Gasteiger partial charge on any atom is -0.385 e. The van der Waals surface area contributed by atoms with Crippen LogP contribution < -0.4 is 0 Å². The molecular formula is C7H12O5S. The minimum atomic E-state index is -4.19. The highest BCUT2D eigenvalue weighted by molar-refractivity contribution is 7.86. The van der Waals surface area contributed by atoms with Gasteiger partial charge in [0.15, 0.2) is 5.78 Å². The van der Waals surface area contributed by atoms with Crippen LogP contribution in [-0.2, 0) is 14.9 Å². The summed E-state index contributed by atoms with van der Waals surface area (Å²) in [6.45, 7) is 4.33. The van der Waals surface area contributed by atoms with Crippen LogP contribution in [0.1, 0.15) is 13.3 Å². The monoisotopic (exact) mass is 208 g/mol. The first-order valence-corrected chi connectivity index (χ1v) is 5.10. The number of hydrogen-bond donors (Lipinski definition) is 2. The molecule has 0 fully saturated rings. The van der Waals surface area contributed by atoms with E-state index in [9.17, 15) is 13.2 Å². The zero-order valence-corrected chi connectivity index (χ0v) is 7.99. The van der Waals surface area contributed by atoms with Crippen LogP contribution in [0, 0.1) is 0 Å². The summed E-state index contributed by atoms with van der Waals surface area (Å²) in [5.41, 5.74) is 0. The Morgan fingerprint density at radius 3 is 2.38 bits per heavy atom. The highest BCUT2D eigenvalue weighted by Gasteiger charge is 2.23. The van der Waals surface area contributed by atoms with E-state index < -0.39 is 27.3 Å². The summed E-state index contributed by atoms with van der Waals surface area (Å²) in [5.74, 6) is -0.657. The van der Waals surface area contributed by atoms with E-state index in [1.165, 1.54) is 6.92 Å². The van der Waals surface area contributed by atoms with E-state index in [1.54, 1.807) is 0 Å². The van der Waals surface area contributed by atoms with Gasteiger partial charge in [0.05, 0.1) is 5.25 Å². The zero-order chi connectivity index (χ0) is 10.6. The Labute approximate surface area is 76.8 Å². The van der Waals surface area contributed by atoms with E-state index in [4.69, 9.17) is 9.66 Å². The predicted octanol–water partition coefficient (Wildman–Crippen LogP) is -0.231. The summed E-state index contributed by atoms with van der Waals surface area (Å²) in [4.78, 5) is 10.7. The number of aliphatic hydroxyl groups excluding tert-OH is 1. The van der Waals surface area contributed by atoms with E-state index in [1.807, 2.05) is 0 Å². The molecule has 0 rings (SSSR count). The van der Waals surface area contributed by atoms with Crippen molar-refractivity contribution < 1.29 is 22.9 Å². The van der Waals surface area contributed by atoms with Gasteiger partial charge in [-0.3, -0.25) is 9.35 Å². The second kappa shape index (κ2) is 4.50. The quantitative estimate of drug-likeness (QED) is 0.481. The lowest BCUT2D eigenvalue weighted by Crippen LogP contribution is -2.27. The standard InChI is InChI=1S/C7H12O5S/c1-3-6(8)7(9)4-5(2)13(10,11)12/h3,5,7,9H,1,4H2,2H3,(H,10,11,12). The SMILES string of the molecule is C=CC(=O)C(O)CC(C)S(=O)(=O)O. The maximum absolute atomic E-state index is 10.7. The molecule has 0 amide bonds. The smallest absolute Gasteiger partial charge is 0.267 e. The van der Waals surface area contributed by atoms with Gasteiger partial charge in [-0.1, -0.05) is 6.58 Å². The normalized spacial score (nSPS) is 16.2. The summed E-state index contributed by atoms with van der Waals surface area (Å²) < 4.78 is 29.5. The predicted molar refractivity (Wildman–Crippen MR) is 46.8 cm³/mol. The summed E-state index contributed by atoms with van der Waals surface area (Å²) in [5, 5.41) is 7.89. The lowest BCUT2D eigenvalue weighted by Gasteiger charge is -2.10. The van der Waals surface area contributed by atoms with Crippen molar-refractivity contribution in [1.29, 1.82) is 0 Å². The van der Waals surface area contributed by atoms with Gasteiger partial charge in [0.25, 0.3) is 10.1 Å². The Hall–Kier alpha value is -0.720. The molecule has 76 valence electrons. The Morgan fingerprint density at radius 2 is 2.08 bits per heavy atom. The fraction of sp³-hybridized carbons (Fsp3) is 0.571. The first-order chi connectivity index (χ1) is 5.79. The van der Waals surface area contributed by atoms with Crippen molar-refractivity contribution >= 4 is 15.9 Å². The number of carbonyl (C=O) groups is 1. The number of rotatable bonds is 5. The van der Waals surface area contributed by atoms with E-state index in [2.05, 4.69) is 6.58 Å². The molecule has 0 aromatic rings. The molecule has 0 saturated heterocycles. The summed E-state index contributed by atoms with van der Waals surface area (Å²) in [7, 11) is -4.19. The van der Waals surface area contributed by atoms with Crippen LogP contribution in [0.5, 0.6) is 0 Å². The first kappa shape index (κ1) is 12.3. The van der Waals surface area contributed by atoms with E-state index in [0.29, 0.717) is 0 Å². The average molecular weight is 208 g/mol. The molecule has 0 aliphatic rings. The van der Waals surface area contributed by atoms with Crippen LogP contribution in [0.3, 0.4) is 0 Å². The highest BCUT2D eigenvalue weighted by Crippen LogP contribution is 2.07. The molecule has 2 atom stereocenters. The van der Waals surface area contributed by atoms with Crippen molar-refractivity contribution in [2.24, 2.45) is 0 Å². The Balaban J connectivity index is 4.30. The second-order valence-corrected chi connectivity index (χ2v) is 4.52. The largest absolute Gasteiger partial charge is 0.385 e. The third-order valence-corrected chi connectivity index (χ3v) is 2.80. The first-order valence-electron chi connectivity index (χ1n) is 3.59. The van der Waals surface area contributed by atoms with E-state index >= 15 is 0 Å². The zero-order valence-electron chi connectivity index (χ0n) is 7.17. The minimum absolute atomic E-state index is 0.330. The Morgan fingerprint density at radius 1 is 1.62 bits per heavy atom. The maximum atomic E-state index is 10.7. The topological polar surface area (TPSA) is 91.7 Å². The number of aliphatic hydroxyl groups is 1. The molecule has 2 N–H and O–H groups in total. The number of hydrogen-bond acceptors (Lipinski definition) is 4. The van der Waals surface area contributed by atoms with Crippen molar-refractivity contribution in [3.05, 3.63) is 12.7 Å². The van der Waals surface area contributed by atoms with Gasteiger partial charge in [-0.05, 0) is 19.4 Å². The summed E-state index contributed by atoms with van der Waals surface area (Å²) in [6.07, 6.45) is -0.847. The molecule has 0 aromatic carbocycles. The highest BCUT2D eigenvalue weighted by atomic mass is 32.2. The number of ketones is 1.